The van der Waals surface area contributed by atoms with E-state index in [-0.39, 0.29) is 17.8 Å². The minimum Gasteiger partial charge on any atom is -0.465 e. The van der Waals surface area contributed by atoms with Crippen molar-refractivity contribution in [3.63, 3.8) is 0 Å². The Bertz CT molecular complexity index is 830. The number of benzene rings is 1. The summed E-state index contributed by atoms with van der Waals surface area (Å²) in [5.74, 6) is -1.99. The lowest BCUT2D eigenvalue weighted by Crippen LogP contribution is -2.40. The van der Waals surface area contributed by atoms with Gasteiger partial charge in [0.1, 0.15) is 5.60 Å². The van der Waals surface area contributed by atoms with Gasteiger partial charge in [0.2, 0.25) is 0 Å². The number of ketones is 1. The highest BCUT2D eigenvalue weighted by Gasteiger charge is 2.95. The van der Waals surface area contributed by atoms with E-state index in [2.05, 4.69) is 20.8 Å². The Hall–Kier alpha value is -2.17. The van der Waals surface area contributed by atoms with Crippen molar-refractivity contribution in [3.05, 3.63) is 35.4 Å². The van der Waals surface area contributed by atoms with E-state index in [1.165, 1.54) is 0 Å². The highest BCUT2D eigenvalue weighted by Crippen LogP contribution is 2.80. The van der Waals surface area contributed by atoms with Gasteiger partial charge in [-0.3, -0.25) is 14.4 Å². The first-order valence-corrected chi connectivity index (χ1v) is 9.97. The summed E-state index contributed by atoms with van der Waals surface area (Å²) in [5, 5.41) is 0. The van der Waals surface area contributed by atoms with Gasteiger partial charge in [0.05, 0.1) is 12.0 Å². The van der Waals surface area contributed by atoms with Crippen LogP contribution in [0.25, 0.3) is 0 Å². The molecule has 0 amide bonds. The number of cyclic esters (lactones) is 1. The quantitative estimate of drug-likeness (QED) is 0.433. The predicted octanol–water partition coefficient (Wildman–Crippen LogP) is 4.08. The molecule has 1 aromatic carbocycles. The van der Waals surface area contributed by atoms with Crippen molar-refractivity contribution in [3.8, 4) is 0 Å². The first-order valence-electron chi connectivity index (χ1n) is 9.97. The van der Waals surface area contributed by atoms with Crippen LogP contribution >= 0.6 is 0 Å². The van der Waals surface area contributed by atoms with Crippen LogP contribution in [0.1, 0.15) is 70.8 Å². The second-order valence-corrected chi connectivity index (χ2v) is 9.44. The van der Waals surface area contributed by atoms with E-state index < -0.39 is 34.3 Å². The molecule has 5 nitrogen and oxygen atoms in total. The molecular formula is C23H30O5. The van der Waals surface area contributed by atoms with Crippen LogP contribution in [-0.4, -0.2) is 29.9 Å². The van der Waals surface area contributed by atoms with Crippen LogP contribution in [-0.2, 0) is 24.5 Å². The Morgan fingerprint density at radius 2 is 1.68 bits per heavy atom. The summed E-state index contributed by atoms with van der Waals surface area (Å²) in [6.45, 7) is 13.6. The van der Waals surface area contributed by atoms with Gasteiger partial charge >= 0.3 is 11.9 Å². The number of rotatable bonds is 5. The maximum atomic E-state index is 13.7. The molecule has 5 heteroatoms. The number of carbonyl (C=O) groups excluding carboxylic acids is 3. The summed E-state index contributed by atoms with van der Waals surface area (Å²) in [6, 6.07) is 7.47. The van der Waals surface area contributed by atoms with Crippen molar-refractivity contribution in [1.82, 2.24) is 0 Å². The number of Topliss-reactive ketones (excluding diaryl/α,β-unsaturated/α-hetero) is 1. The van der Waals surface area contributed by atoms with Crippen molar-refractivity contribution >= 4 is 17.7 Å². The van der Waals surface area contributed by atoms with Gasteiger partial charge in [-0.05, 0) is 38.2 Å². The van der Waals surface area contributed by atoms with E-state index in [0.717, 1.165) is 5.56 Å². The minimum absolute atomic E-state index is 0.0297. The van der Waals surface area contributed by atoms with Crippen molar-refractivity contribution in [2.24, 2.45) is 16.7 Å². The molecule has 0 N–H and O–H groups in total. The highest BCUT2D eigenvalue weighted by atomic mass is 16.6. The van der Waals surface area contributed by atoms with Gasteiger partial charge in [-0.2, -0.15) is 0 Å². The largest absolute Gasteiger partial charge is 0.465 e. The van der Waals surface area contributed by atoms with Crippen molar-refractivity contribution in [1.29, 1.82) is 0 Å². The molecule has 0 spiro atoms. The maximum absolute atomic E-state index is 13.7. The molecule has 1 aromatic rings. The third-order valence-electron chi connectivity index (χ3n) is 6.49. The molecule has 1 saturated heterocycles. The normalized spacial score (nSPS) is 30.4. The Morgan fingerprint density at radius 3 is 2.14 bits per heavy atom. The van der Waals surface area contributed by atoms with Crippen LogP contribution in [0.5, 0.6) is 0 Å². The van der Waals surface area contributed by atoms with Gasteiger partial charge in [0, 0.05) is 11.5 Å². The first kappa shape index (κ1) is 20.6. The van der Waals surface area contributed by atoms with E-state index in [4.69, 9.17) is 9.47 Å². The van der Waals surface area contributed by atoms with E-state index >= 15 is 0 Å². The van der Waals surface area contributed by atoms with Gasteiger partial charge in [-0.15, -0.1) is 0 Å². The lowest BCUT2D eigenvalue weighted by Gasteiger charge is -2.28. The molecule has 3 rings (SSSR count). The van der Waals surface area contributed by atoms with E-state index in [1.807, 2.05) is 19.1 Å². The van der Waals surface area contributed by atoms with Crippen LogP contribution in [0.3, 0.4) is 0 Å². The zero-order valence-corrected chi connectivity index (χ0v) is 17.8. The monoisotopic (exact) mass is 386 g/mol. The first-order chi connectivity index (χ1) is 12.9. The zero-order valence-electron chi connectivity index (χ0n) is 17.8. The molecule has 0 bridgehead atoms. The van der Waals surface area contributed by atoms with Gasteiger partial charge in [0.15, 0.2) is 11.2 Å². The third kappa shape index (κ3) is 2.41. The van der Waals surface area contributed by atoms with Crippen LogP contribution in [0.2, 0.25) is 0 Å². The molecule has 3 atom stereocenters. The summed E-state index contributed by atoms with van der Waals surface area (Å²) in [5.41, 5.74) is -1.97. The summed E-state index contributed by atoms with van der Waals surface area (Å²) < 4.78 is 10.7. The van der Waals surface area contributed by atoms with Crippen molar-refractivity contribution in [2.45, 2.75) is 65.9 Å². The highest BCUT2D eigenvalue weighted by molar-refractivity contribution is 6.19. The second kappa shape index (κ2) is 6.16. The summed E-state index contributed by atoms with van der Waals surface area (Å²) in [4.78, 5) is 39.5. The lowest BCUT2D eigenvalue weighted by molar-refractivity contribution is -0.166. The molecule has 0 radical (unpaired) electrons. The summed E-state index contributed by atoms with van der Waals surface area (Å²) in [7, 11) is 0. The smallest absolute Gasteiger partial charge is 0.325 e. The molecule has 0 aromatic heterocycles. The number of ether oxygens (including phenoxy) is 2. The van der Waals surface area contributed by atoms with Gasteiger partial charge < -0.3 is 9.47 Å². The second-order valence-electron chi connectivity index (χ2n) is 9.44. The Labute approximate surface area is 166 Å². The number of hydrogen-bond donors (Lipinski definition) is 0. The Balaban J connectivity index is 2.08. The molecule has 28 heavy (non-hydrogen) atoms. The Kier molecular flexibility index (Phi) is 4.53. The molecule has 1 saturated carbocycles. The fourth-order valence-electron chi connectivity index (χ4n) is 5.29. The van der Waals surface area contributed by atoms with Gasteiger partial charge in [0.25, 0.3) is 0 Å². The predicted molar refractivity (Wildman–Crippen MR) is 105 cm³/mol. The molecule has 2 fully saturated rings. The molecule has 152 valence electrons. The fraction of sp³-hybridized carbons (Fsp3) is 0.609. The summed E-state index contributed by atoms with van der Waals surface area (Å²) >= 11 is 0. The standard InChI is InChI=1S/C23H30O5/c1-8-22(16(24)14-10-12-15(13-11-14)20(3,4)5)17-21(6,7)28-19(26)23(17,22)18(25)27-9-2/h10-13,17H,8-9H2,1-7H3/t17-,22-,23-/m1/s1. The van der Waals surface area contributed by atoms with Crippen molar-refractivity contribution < 1.29 is 23.9 Å². The van der Waals surface area contributed by atoms with Crippen LogP contribution in [0, 0.1) is 16.7 Å². The van der Waals surface area contributed by atoms with Crippen LogP contribution < -0.4 is 0 Å². The Morgan fingerprint density at radius 1 is 1.11 bits per heavy atom. The number of fused-ring (bicyclic) bond motifs is 1. The molecule has 0 unspecified atom stereocenters. The minimum atomic E-state index is -1.54. The third-order valence-corrected chi connectivity index (χ3v) is 6.49. The molecule has 1 aliphatic carbocycles. The molecule has 1 heterocycles. The SMILES string of the molecule is CCOC(=O)[C@@]12C(=O)OC(C)(C)[C@@H]1[C@@]2(CC)C(=O)c1ccc(C(C)(C)C)cc1. The molecular weight excluding hydrogens is 356 g/mol. The summed E-state index contributed by atoms with van der Waals surface area (Å²) in [6.07, 6.45) is 0.370. The van der Waals surface area contributed by atoms with E-state index in [9.17, 15) is 14.4 Å². The van der Waals surface area contributed by atoms with Crippen LogP contribution in [0.4, 0.5) is 0 Å². The molecule has 1 aliphatic heterocycles. The average Bonchev–Trinajstić information content (AvgIpc) is 3.21. The lowest BCUT2D eigenvalue weighted by atomic mass is 9.80. The van der Waals surface area contributed by atoms with E-state index in [1.54, 1.807) is 32.9 Å². The number of hydrogen-bond acceptors (Lipinski definition) is 5. The number of carbonyl (C=O) groups is 3. The van der Waals surface area contributed by atoms with Gasteiger partial charge in [-0.25, -0.2) is 0 Å². The molecule has 2 aliphatic rings. The number of esters is 2. The average molecular weight is 386 g/mol. The zero-order chi connectivity index (χ0) is 21.1. The van der Waals surface area contributed by atoms with E-state index in [0.29, 0.717) is 12.0 Å². The van der Waals surface area contributed by atoms with Crippen molar-refractivity contribution in [2.75, 3.05) is 6.61 Å². The fourth-order valence-corrected chi connectivity index (χ4v) is 5.29. The maximum Gasteiger partial charge on any atom is 0.325 e. The topological polar surface area (TPSA) is 69.7 Å². The van der Waals surface area contributed by atoms with Crippen LogP contribution in [0.15, 0.2) is 24.3 Å². The van der Waals surface area contributed by atoms with Gasteiger partial charge in [-0.1, -0.05) is 52.0 Å².